The summed E-state index contributed by atoms with van der Waals surface area (Å²) in [6.07, 6.45) is 4.59. The van der Waals surface area contributed by atoms with Gasteiger partial charge in [-0.05, 0) is 29.5 Å². The smallest absolute Gasteiger partial charge is 0.137 e. The zero-order valence-corrected chi connectivity index (χ0v) is 11.3. The lowest BCUT2D eigenvalue weighted by Gasteiger charge is -2.16. The van der Waals surface area contributed by atoms with Gasteiger partial charge in [0.25, 0.3) is 0 Å². The van der Waals surface area contributed by atoms with Crippen LogP contribution in [0.1, 0.15) is 26.3 Å². The Morgan fingerprint density at radius 2 is 2.11 bits per heavy atom. The Labute approximate surface area is 108 Å². The summed E-state index contributed by atoms with van der Waals surface area (Å²) in [4.78, 5) is 0. The summed E-state index contributed by atoms with van der Waals surface area (Å²) < 4.78 is 11.1. The predicted octanol–water partition coefficient (Wildman–Crippen LogP) is 4.59. The second-order valence-electron chi connectivity index (χ2n) is 5.76. The van der Waals surface area contributed by atoms with Crippen molar-refractivity contribution in [1.82, 2.24) is 0 Å². The van der Waals surface area contributed by atoms with Crippen molar-refractivity contribution in [3.05, 3.63) is 42.7 Å². The average Bonchev–Trinajstić information content (AvgIpc) is 2.67. The molecule has 1 heterocycles. The summed E-state index contributed by atoms with van der Waals surface area (Å²) in [5, 5.41) is 1.18. The number of hydrogen-bond acceptors (Lipinski definition) is 2. The third kappa shape index (κ3) is 2.95. The molecule has 0 saturated heterocycles. The molecule has 2 aromatic rings. The number of hydrogen-bond donors (Lipinski definition) is 0. The maximum absolute atomic E-state index is 5.61. The van der Waals surface area contributed by atoms with Crippen LogP contribution in [-0.2, 0) is 6.42 Å². The van der Waals surface area contributed by atoms with E-state index in [1.807, 2.05) is 18.4 Å². The Morgan fingerprint density at radius 3 is 2.78 bits per heavy atom. The Kier molecular flexibility index (Phi) is 3.46. The van der Waals surface area contributed by atoms with Gasteiger partial charge in [-0.1, -0.05) is 33.4 Å². The molecule has 0 bridgehead atoms. The summed E-state index contributed by atoms with van der Waals surface area (Å²) in [5.41, 5.74) is 2.40. The molecule has 1 aromatic carbocycles. The molecule has 0 unspecified atom stereocenters. The van der Waals surface area contributed by atoms with Crippen LogP contribution in [0.4, 0.5) is 0 Å². The Balaban J connectivity index is 2.29. The Morgan fingerprint density at radius 1 is 1.33 bits per heavy atom. The van der Waals surface area contributed by atoms with Crippen LogP contribution in [-0.4, -0.2) is 6.61 Å². The van der Waals surface area contributed by atoms with Gasteiger partial charge >= 0.3 is 0 Å². The summed E-state index contributed by atoms with van der Waals surface area (Å²) in [5.74, 6) is 0.819. The molecule has 96 valence electrons. The lowest BCUT2D eigenvalue weighted by molar-refractivity contribution is 0.363. The van der Waals surface area contributed by atoms with E-state index in [-0.39, 0.29) is 5.41 Å². The van der Waals surface area contributed by atoms with E-state index in [4.69, 9.17) is 9.15 Å². The molecule has 2 rings (SSSR count). The molecule has 0 aliphatic heterocycles. The van der Waals surface area contributed by atoms with Crippen molar-refractivity contribution in [2.24, 2.45) is 5.41 Å². The van der Waals surface area contributed by atoms with Crippen molar-refractivity contribution in [2.75, 3.05) is 6.61 Å². The first-order valence-corrected chi connectivity index (χ1v) is 6.23. The number of ether oxygens (including phenoxy) is 1. The maximum Gasteiger partial charge on any atom is 0.137 e. The van der Waals surface area contributed by atoms with Gasteiger partial charge in [0.1, 0.15) is 17.9 Å². The standard InChI is InChI=1S/C16H20O2/c1-5-8-17-13-6-7-14-12(10-16(2,3)4)11-18-15(14)9-13/h5-7,9,11H,1,8,10H2,2-4H3. The average molecular weight is 244 g/mol. The third-order valence-corrected chi connectivity index (χ3v) is 2.72. The molecule has 0 aliphatic carbocycles. The van der Waals surface area contributed by atoms with Gasteiger partial charge in [-0.2, -0.15) is 0 Å². The highest BCUT2D eigenvalue weighted by Gasteiger charge is 2.15. The zero-order valence-electron chi connectivity index (χ0n) is 11.3. The first-order valence-electron chi connectivity index (χ1n) is 6.23. The van der Waals surface area contributed by atoms with E-state index < -0.39 is 0 Å². The molecule has 0 atom stereocenters. The minimum atomic E-state index is 0.259. The zero-order chi connectivity index (χ0) is 13.2. The fraction of sp³-hybridized carbons (Fsp3) is 0.375. The summed E-state index contributed by atoms with van der Waals surface area (Å²) in [7, 11) is 0. The largest absolute Gasteiger partial charge is 0.489 e. The molecule has 18 heavy (non-hydrogen) atoms. The Bertz CT molecular complexity index is 544. The van der Waals surface area contributed by atoms with E-state index in [0.29, 0.717) is 6.61 Å². The van der Waals surface area contributed by atoms with Crippen molar-refractivity contribution in [2.45, 2.75) is 27.2 Å². The number of rotatable bonds is 4. The van der Waals surface area contributed by atoms with Crippen LogP contribution in [0.3, 0.4) is 0 Å². The van der Waals surface area contributed by atoms with Crippen LogP contribution in [0, 0.1) is 5.41 Å². The van der Waals surface area contributed by atoms with Crippen LogP contribution < -0.4 is 4.74 Å². The minimum absolute atomic E-state index is 0.259. The molecule has 0 saturated carbocycles. The summed E-state index contributed by atoms with van der Waals surface area (Å²) in [6, 6.07) is 5.98. The van der Waals surface area contributed by atoms with Crippen molar-refractivity contribution in [3.8, 4) is 5.75 Å². The van der Waals surface area contributed by atoms with E-state index in [1.165, 1.54) is 10.9 Å². The highest BCUT2D eigenvalue weighted by atomic mass is 16.5. The normalized spacial score (nSPS) is 11.7. The van der Waals surface area contributed by atoms with Gasteiger partial charge in [0.05, 0.1) is 6.26 Å². The highest BCUT2D eigenvalue weighted by molar-refractivity contribution is 5.82. The molecule has 2 heteroatoms. The van der Waals surface area contributed by atoms with E-state index in [2.05, 4.69) is 33.4 Å². The molecule has 0 spiro atoms. The first-order chi connectivity index (χ1) is 8.49. The molecular weight excluding hydrogens is 224 g/mol. The molecule has 0 amide bonds. The monoisotopic (exact) mass is 244 g/mol. The van der Waals surface area contributed by atoms with Crippen LogP contribution in [0.5, 0.6) is 5.75 Å². The van der Waals surface area contributed by atoms with E-state index in [1.54, 1.807) is 6.08 Å². The summed E-state index contributed by atoms with van der Waals surface area (Å²) >= 11 is 0. The fourth-order valence-corrected chi connectivity index (χ4v) is 2.02. The van der Waals surface area contributed by atoms with Crippen LogP contribution in [0.2, 0.25) is 0 Å². The molecule has 0 fully saturated rings. The van der Waals surface area contributed by atoms with Gasteiger partial charge in [0, 0.05) is 11.5 Å². The molecule has 0 radical (unpaired) electrons. The van der Waals surface area contributed by atoms with Gasteiger partial charge in [0.15, 0.2) is 0 Å². The van der Waals surface area contributed by atoms with Gasteiger partial charge in [-0.3, -0.25) is 0 Å². The topological polar surface area (TPSA) is 22.4 Å². The first kappa shape index (κ1) is 12.7. The second kappa shape index (κ2) is 4.89. The van der Waals surface area contributed by atoms with E-state index in [9.17, 15) is 0 Å². The van der Waals surface area contributed by atoms with E-state index in [0.717, 1.165) is 17.8 Å². The third-order valence-electron chi connectivity index (χ3n) is 2.72. The lowest BCUT2D eigenvalue weighted by atomic mass is 9.88. The van der Waals surface area contributed by atoms with Crippen LogP contribution in [0.15, 0.2) is 41.5 Å². The number of furan rings is 1. The highest BCUT2D eigenvalue weighted by Crippen LogP contribution is 2.30. The maximum atomic E-state index is 5.61. The number of benzene rings is 1. The van der Waals surface area contributed by atoms with Crippen molar-refractivity contribution in [1.29, 1.82) is 0 Å². The molecule has 0 aliphatic rings. The fourth-order valence-electron chi connectivity index (χ4n) is 2.02. The second-order valence-corrected chi connectivity index (χ2v) is 5.76. The van der Waals surface area contributed by atoms with Gasteiger partial charge < -0.3 is 9.15 Å². The minimum Gasteiger partial charge on any atom is -0.489 e. The van der Waals surface area contributed by atoms with Crippen molar-refractivity contribution >= 4 is 11.0 Å². The quantitative estimate of drug-likeness (QED) is 0.734. The Hall–Kier alpha value is -1.70. The van der Waals surface area contributed by atoms with Gasteiger partial charge in [-0.15, -0.1) is 0 Å². The predicted molar refractivity (Wildman–Crippen MR) is 75.1 cm³/mol. The van der Waals surface area contributed by atoms with Gasteiger partial charge in [0.2, 0.25) is 0 Å². The van der Waals surface area contributed by atoms with Crippen molar-refractivity contribution < 1.29 is 9.15 Å². The van der Waals surface area contributed by atoms with Crippen LogP contribution in [0.25, 0.3) is 11.0 Å². The molecule has 1 aromatic heterocycles. The molecule has 0 N–H and O–H groups in total. The van der Waals surface area contributed by atoms with Crippen LogP contribution >= 0.6 is 0 Å². The van der Waals surface area contributed by atoms with Gasteiger partial charge in [-0.25, -0.2) is 0 Å². The van der Waals surface area contributed by atoms with E-state index >= 15 is 0 Å². The molecular formula is C16H20O2. The lowest BCUT2D eigenvalue weighted by Crippen LogP contribution is -2.08. The summed E-state index contributed by atoms with van der Waals surface area (Å²) in [6.45, 7) is 10.8. The van der Waals surface area contributed by atoms with Crippen molar-refractivity contribution in [3.63, 3.8) is 0 Å². The molecule has 2 nitrogen and oxygen atoms in total. The number of fused-ring (bicyclic) bond motifs is 1. The SMILES string of the molecule is C=CCOc1ccc2c(CC(C)(C)C)coc2c1.